The van der Waals surface area contributed by atoms with Crippen molar-refractivity contribution in [3.63, 3.8) is 0 Å². The molecule has 3 aromatic rings. The van der Waals surface area contributed by atoms with E-state index in [0.29, 0.717) is 22.4 Å². The third kappa shape index (κ3) is 3.80. The lowest BCUT2D eigenvalue weighted by molar-refractivity contribution is -0.116. The van der Waals surface area contributed by atoms with Crippen LogP contribution in [0.1, 0.15) is 25.3 Å². The van der Waals surface area contributed by atoms with E-state index in [1.54, 1.807) is 25.3 Å². The van der Waals surface area contributed by atoms with Crippen LogP contribution in [-0.4, -0.2) is 17.6 Å². The van der Waals surface area contributed by atoms with Gasteiger partial charge in [0.15, 0.2) is 0 Å². The number of halogens is 1. The molecule has 0 aliphatic carbocycles. The molecule has 0 saturated heterocycles. The number of benzene rings is 2. The topological polar surface area (TPSA) is 43.3 Å². The summed E-state index contributed by atoms with van der Waals surface area (Å²) in [5.41, 5.74) is 2.99. The van der Waals surface area contributed by atoms with E-state index in [2.05, 4.69) is 37.4 Å². The van der Waals surface area contributed by atoms with Crippen LogP contribution in [0.25, 0.3) is 10.9 Å². The lowest BCUT2D eigenvalue weighted by Crippen LogP contribution is -2.18. The van der Waals surface area contributed by atoms with Gasteiger partial charge in [0, 0.05) is 17.4 Å². The van der Waals surface area contributed by atoms with Gasteiger partial charge >= 0.3 is 0 Å². The summed E-state index contributed by atoms with van der Waals surface area (Å²) in [6.07, 6.45) is 1.94. The van der Waals surface area contributed by atoms with Crippen LogP contribution in [0.4, 0.5) is 5.69 Å². The molecule has 4 nitrogen and oxygen atoms in total. The third-order valence-corrected chi connectivity index (χ3v) is 4.51. The van der Waals surface area contributed by atoms with Crippen molar-refractivity contribution < 1.29 is 9.53 Å². The smallest absolute Gasteiger partial charge is 0.244 e. The molecular formula is C20H21ClN2O2. The molecule has 0 fully saturated rings. The minimum atomic E-state index is -0.105. The van der Waals surface area contributed by atoms with Gasteiger partial charge in [-0.25, -0.2) is 0 Å². The van der Waals surface area contributed by atoms with Crippen molar-refractivity contribution in [2.24, 2.45) is 0 Å². The summed E-state index contributed by atoms with van der Waals surface area (Å²) in [6.45, 7) is 4.59. The molecule has 0 radical (unpaired) electrons. The average molecular weight is 357 g/mol. The number of anilines is 1. The van der Waals surface area contributed by atoms with E-state index >= 15 is 0 Å². The second-order valence-electron chi connectivity index (χ2n) is 6.31. The Bertz CT molecular complexity index is 915. The van der Waals surface area contributed by atoms with Crippen molar-refractivity contribution in [2.45, 2.75) is 26.3 Å². The number of methoxy groups -OCH3 is 1. The van der Waals surface area contributed by atoms with Crippen LogP contribution in [-0.2, 0) is 11.3 Å². The Morgan fingerprint density at radius 2 is 2.00 bits per heavy atom. The molecule has 0 spiro atoms. The van der Waals surface area contributed by atoms with Gasteiger partial charge in [-0.15, -0.1) is 0 Å². The zero-order chi connectivity index (χ0) is 18.0. The van der Waals surface area contributed by atoms with Gasteiger partial charge in [0.05, 0.1) is 12.1 Å². The van der Waals surface area contributed by atoms with Gasteiger partial charge in [-0.1, -0.05) is 31.5 Å². The number of fused-ring (bicyclic) bond motifs is 1. The van der Waals surface area contributed by atoms with Crippen LogP contribution in [0.3, 0.4) is 0 Å². The highest BCUT2D eigenvalue weighted by Gasteiger charge is 2.09. The van der Waals surface area contributed by atoms with Crippen LogP contribution < -0.4 is 10.1 Å². The highest BCUT2D eigenvalue weighted by Crippen LogP contribution is 2.27. The quantitative estimate of drug-likeness (QED) is 0.693. The maximum absolute atomic E-state index is 12.4. The summed E-state index contributed by atoms with van der Waals surface area (Å²) in [4.78, 5) is 12.4. The van der Waals surface area contributed by atoms with Crippen LogP contribution in [0.2, 0.25) is 5.02 Å². The molecule has 0 aliphatic rings. The van der Waals surface area contributed by atoms with E-state index in [-0.39, 0.29) is 12.5 Å². The number of rotatable bonds is 5. The Morgan fingerprint density at radius 1 is 1.20 bits per heavy atom. The molecule has 1 amide bonds. The van der Waals surface area contributed by atoms with E-state index in [9.17, 15) is 4.79 Å². The van der Waals surface area contributed by atoms with Gasteiger partial charge in [-0.2, -0.15) is 0 Å². The van der Waals surface area contributed by atoms with E-state index < -0.39 is 0 Å². The van der Waals surface area contributed by atoms with Crippen molar-refractivity contribution >= 4 is 34.1 Å². The zero-order valence-corrected chi connectivity index (χ0v) is 15.3. The second-order valence-corrected chi connectivity index (χ2v) is 6.72. The first-order valence-electron chi connectivity index (χ1n) is 8.20. The van der Waals surface area contributed by atoms with Gasteiger partial charge in [-0.05, 0) is 53.3 Å². The molecule has 1 aromatic heterocycles. The fourth-order valence-electron chi connectivity index (χ4n) is 2.81. The first-order valence-corrected chi connectivity index (χ1v) is 8.58. The molecular weight excluding hydrogens is 336 g/mol. The van der Waals surface area contributed by atoms with E-state index in [1.807, 2.05) is 16.8 Å². The average Bonchev–Trinajstić information content (AvgIpc) is 2.97. The molecule has 0 aliphatic heterocycles. The number of carbonyl (C=O) groups excluding carboxylic acids is 1. The van der Waals surface area contributed by atoms with Gasteiger partial charge < -0.3 is 14.6 Å². The molecule has 5 heteroatoms. The monoisotopic (exact) mass is 356 g/mol. The predicted molar refractivity (Wildman–Crippen MR) is 103 cm³/mol. The molecule has 0 unspecified atom stereocenters. The van der Waals surface area contributed by atoms with Crippen molar-refractivity contribution in [2.75, 3.05) is 12.4 Å². The van der Waals surface area contributed by atoms with Crippen LogP contribution in [0.15, 0.2) is 48.7 Å². The van der Waals surface area contributed by atoms with Crippen LogP contribution in [0, 0.1) is 0 Å². The molecule has 1 N–H and O–H groups in total. The fraction of sp³-hybridized carbons (Fsp3) is 0.250. The highest BCUT2D eigenvalue weighted by atomic mass is 35.5. The fourth-order valence-corrected chi connectivity index (χ4v) is 3.07. The first kappa shape index (κ1) is 17.4. The van der Waals surface area contributed by atoms with Crippen molar-refractivity contribution in [3.8, 4) is 5.75 Å². The minimum absolute atomic E-state index is 0.105. The Morgan fingerprint density at radius 3 is 2.68 bits per heavy atom. The summed E-state index contributed by atoms with van der Waals surface area (Å²) >= 11 is 6.09. The summed E-state index contributed by atoms with van der Waals surface area (Å²) in [5.74, 6) is 0.958. The summed E-state index contributed by atoms with van der Waals surface area (Å²) < 4.78 is 7.06. The van der Waals surface area contributed by atoms with E-state index in [0.717, 1.165) is 10.9 Å². The number of hydrogen-bond donors (Lipinski definition) is 1. The lowest BCUT2D eigenvalue weighted by Gasteiger charge is -2.10. The first-order chi connectivity index (χ1) is 12.0. The van der Waals surface area contributed by atoms with Crippen molar-refractivity contribution in [3.05, 3.63) is 59.2 Å². The largest absolute Gasteiger partial charge is 0.495 e. The van der Waals surface area contributed by atoms with Gasteiger partial charge in [0.1, 0.15) is 12.3 Å². The molecule has 1 heterocycles. The molecule has 0 atom stereocenters. The summed E-state index contributed by atoms with van der Waals surface area (Å²) in [6, 6.07) is 13.6. The van der Waals surface area contributed by atoms with E-state index in [1.165, 1.54) is 5.56 Å². The molecule has 3 rings (SSSR count). The number of carbonyl (C=O) groups is 1. The maximum atomic E-state index is 12.4. The van der Waals surface area contributed by atoms with Crippen molar-refractivity contribution in [1.82, 2.24) is 4.57 Å². The third-order valence-electron chi connectivity index (χ3n) is 4.21. The Labute approximate surface area is 152 Å². The summed E-state index contributed by atoms with van der Waals surface area (Å²) in [7, 11) is 1.56. The maximum Gasteiger partial charge on any atom is 0.244 e. The Kier molecular flexibility index (Phi) is 5.00. The van der Waals surface area contributed by atoms with Gasteiger partial charge in [0.25, 0.3) is 0 Å². The standard InChI is InChI=1S/C20H21ClN2O2/c1-13(2)14-4-6-18-15(10-14)8-9-23(18)12-20(24)22-16-5-7-19(25-3)17(21)11-16/h4-11,13H,12H2,1-3H3,(H,22,24). The van der Waals surface area contributed by atoms with Crippen LogP contribution >= 0.6 is 11.6 Å². The lowest BCUT2D eigenvalue weighted by atomic mass is 10.0. The number of amides is 1. The molecule has 130 valence electrons. The SMILES string of the molecule is COc1ccc(NC(=O)Cn2ccc3cc(C(C)C)ccc32)cc1Cl. The normalized spacial score (nSPS) is 11.1. The highest BCUT2D eigenvalue weighted by molar-refractivity contribution is 6.32. The Hall–Kier alpha value is -2.46. The van der Waals surface area contributed by atoms with E-state index in [4.69, 9.17) is 16.3 Å². The number of aromatic nitrogens is 1. The van der Waals surface area contributed by atoms with Gasteiger partial charge in [-0.3, -0.25) is 4.79 Å². The van der Waals surface area contributed by atoms with Gasteiger partial charge in [0.2, 0.25) is 5.91 Å². The molecule has 25 heavy (non-hydrogen) atoms. The number of hydrogen-bond acceptors (Lipinski definition) is 2. The molecule has 0 saturated carbocycles. The molecule has 2 aromatic carbocycles. The van der Waals surface area contributed by atoms with Crippen molar-refractivity contribution in [1.29, 1.82) is 0 Å². The molecule has 0 bridgehead atoms. The number of ether oxygens (including phenoxy) is 1. The van der Waals surface area contributed by atoms with Crippen LogP contribution in [0.5, 0.6) is 5.75 Å². The number of nitrogens with one attached hydrogen (secondary N) is 1. The Balaban J connectivity index is 1.75. The number of nitrogens with zero attached hydrogens (tertiary/aromatic N) is 1. The minimum Gasteiger partial charge on any atom is -0.495 e. The zero-order valence-electron chi connectivity index (χ0n) is 14.5. The second kappa shape index (κ2) is 7.19. The predicted octanol–water partition coefficient (Wildman–Crippen LogP) is 5.07. The summed E-state index contributed by atoms with van der Waals surface area (Å²) in [5, 5.41) is 4.48.